The maximum Gasteiger partial charge on any atom is 0.345 e. The number of rotatable bonds is 5. The summed E-state index contributed by atoms with van der Waals surface area (Å²) in [6.07, 6.45) is 1.41. The third kappa shape index (κ3) is 4.06. The van der Waals surface area contributed by atoms with Gasteiger partial charge in [-0.25, -0.2) is 4.79 Å². The standard InChI is InChI=1S/C17H18N2O4/c1-3-19(15-9-5-4-6-10-15)16(20)13(2)23-17(21)14-8-7-11-18(22)12-14/h4-13H,3H2,1-2H3/t13-/m0/s1. The van der Waals surface area contributed by atoms with E-state index in [9.17, 15) is 14.8 Å². The molecule has 0 aliphatic heterocycles. The second-order valence-electron chi connectivity index (χ2n) is 4.92. The first-order chi connectivity index (χ1) is 11.0. The molecule has 0 fully saturated rings. The zero-order valence-corrected chi connectivity index (χ0v) is 13.0. The zero-order valence-electron chi connectivity index (χ0n) is 13.0. The van der Waals surface area contributed by atoms with E-state index in [-0.39, 0.29) is 11.5 Å². The van der Waals surface area contributed by atoms with E-state index < -0.39 is 12.1 Å². The van der Waals surface area contributed by atoms with Crippen LogP contribution in [-0.4, -0.2) is 24.5 Å². The van der Waals surface area contributed by atoms with Crippen LogP contribution in [0.1, 0.15) is 24.2 Å². The summed E-state index contributed by atoms with van der Waals surface area (Å²) in [5, 5.41) is 11.2. The van der Waals surface area contributed by atoms with Crippen molar-refractivity contribution in [1.82, 2.24) is 0 Å². The van der Waals surface area contributed by atoms with Crippen molar-refractivity contribution in [2.24, 2.45) is 0 Å². The van der Waals surface area contributed by atoms with Gasteiger partial charge in [-0.3, -0.25) is 4.79 Å². The molecule has 1 amide bonds. The topological polar surface area (TPSA) is 73.5 Å². The summed E-state index contributed by atoms with van der Waals surface area (Å²) < 4.78 is 5.68. The van der Waals surface area contributed by atoms with E-state index >= 15 is 0 Å². The molecule has 1 atom stereocenters. The minimum Gasteiger partial charge on any atom is -0.619 e. The maximum absolute atomic E-state index is 12.5. The SMILES string of the molecule is CCN(C(=O)[C@H](C)OC(=O)c1ccc[n+]([O-])c1)c1ccccc1. The van der Waals surface area contributed by atoms with Gasteiger partial charge in [-0.1, -0.05) is 18.2 Å². The minimum absolute atomic E-state index is 0.102. The fourth-order valence-corrected chi connectivity index (χ4v) is 2.15. The first-order valence-electron chi connectivity index (χ1n) is 7.29. The average molecular weight is 314 g/mol. The van der Waals surface area contributed by atoms with Crippen LogP contribution in [-0.2, 0) is 9.53 Å². The molecule has 0 saturated heterocycles. The van der Waals surface area contributed by atoms with Gasteiger partial charge in [0.2, 0.25) is 0 Å². The number of aromatic nitrogens is 1. The highest BCUT2D eigenvalue weighted by Gasteiger charge is 2.25. The molecule has 0 unspecified atom stereocenters. The summed E-state index contributed by atoms with van der Waals surface area (Å²) >= 11 is 0. The summed E-state index contributed by atoms with van der Waals surface area (Å²) in [4.78, 5) is 26.0. The first kappa shape index (κ1) is 16.5. The van der Waals surface area contributed by atoms with Crippen molar-refractivity contribution < 1.29 is 19.1 Å². The van der Waals surface area contributed by atoms with Crippen LogP contribution in [0.25, 0.3) is 0 Å². The number of anilines is 1. The van der Waals surface area contributed by atoms with Gasteiger partial charge >= 0.3 is 5.97 Å². The molecule has 0 aliphatic carbocycles. The number of hydrogen-bond donors (Lipinski definition) is 0. The van der Waals surface area contributed by atoms with Crippen LogP contribution in [0.4, 0.5) is 5.69 Å². The van der Waals surface area contributed by atoms with Gasteiger partial charge in [0.25, 0.3) is 5.91 Å². The predicted octanol–water partition coefficient (Wildman–Crippen LogP) is 1.92. The van der Waals surface area contributed by atoms with Crippen LogP contribution in [0.5, 0.6) is 0 Å². The Kier molecular flexibility index (Phi) is 5.30. The van der Waals surface area contributed by atoms with E-state index in [1.54, 1.807) is 0 Å². The molecule has 0 spiro atoms. The van der Waals surface area contributed by atoms with E-state index in [2.05, 4.69) is 0 Å². The van der Waals surface area contributed by atoms with Gasteiger partial charge in [-0.15, -0.1) is 0 Å². The predicted molar refractivity (Wildman–Crippen MR) is 84.7 cm³/mol. The Balaban J connectivity index is 2.08. The molecule has 1 heterocycles. The van der Waals surface area contributed by atoms with Crippen molar-refractivity contribution in [1.29, 1.82) is 0 Å². The van der Waals surface area contributed by atoms with E-state index in [1.807, 2.05) is 37.3 Å². The normalized spacial score (nSPS) is 11.6. The van der Waals surface area contributed by atoms with E-state index in [1.165, 1.54) is 30.2 Å². The number of ether oxygens (including phenoxy) is 1. The number of carbonyl (C=O) groups excluding carboxylic acids is 2. The molecule has 6 heteroatoms. The van der Waals surface area contributed by atoms with E-state index in [0.29, 0.717) is 11.3 Å². The largest absolute Gasteiger partial charge is 0.619 e. The molecule has 6 nitrogen and oxygen atoms in total. The fraction of sp³-hybridized carbons (Fsp3) is 0.235. The van der Waals surface area contributed by atoms with Crippen LogP contribution in [0.2, 0.25) is 0 Å². The number of hydrogen-bond acceptors (Lipinski definition) is 4. The third-order valence-corrected chi connectivity index (χ3v) is 3.29. The second-order valence-corrected chi connectivity index (χ2v) is 4.92. The molecule has 1 aromatic carbocycles. The lowest BCUT2D eigenvalue weighted by Crippen LogP contribution is -2.40. The van der Waals surface area contributed by atoms with Gasteiger partial charge in [0.05, 0.1) is 0 Å². The molecule has 2 rings (SSSR count). The van der Waals surface area contributed by atoms with Crippen LogP contribution in [0.15, 0.2) is 54.9 Å². The molecule has 0 bridgehead atoms. The van der Waals surface area contributed by atoms with Crippen molar-refractivity contribution in [2.45, 2.75) is 20.0 Å². The van der Waals surface area contributed by atoms with Gasteiger partial charge in [0.1, 0.15) is 5.56 Å². The molecule has 0 aliphatic rings. The fourth-order valence-electron chi connectivity index (χ4n) is 2.15. The summed E-state index contributed by atoms with van der Waals surface area (Å²) in [5.74, 6) is -1.03. The zero-order chi connectivity index (χ0) is 16.8. The van der Waals surface area contributed by atoms with Crippen molar-refractivity contribution in [2.75, 3.05) is 11.4 Å². The molecule has 0 N–H and O–H groups in total. The van der Waals surface area contributed by atoms with Gasteiger partial charge in [0.15, 0.2) is 18.5 Å². The molecule has 0 saturated carbocycles. The average Bonchev–Trinajstić information content (AvgIpc) is 2.56. The first-order valence-corrected chi connectivity index (χ1v) is 7.29. The van der Waals surface area contributed by atoms with Crippen molar-refractivity contribution in [3.63, 3.8) is 0 Å². The lowest BCUT2D eigenvalue weighted by molar-refractivity contribution is -0.605. The number of pyridine rings is 1. The number of para-hydroxylation sites is 1. The summed E-state index contributed by atoms with van der Waals surface area (Å²) in [6.45, 7) is 3.81. The Morgan fingerprint density at radius 3 is 2.52 bits per heavy atom. The second kappa shape index (κ2) is 7.40. The maximum atomic E-state index is 12.5. The summed E-state index contributed by atoms with van der Waals surface area (Å²) in [6, 6.07) is 12.1. The molecular formula is C17H18N2O4. The Hall–Kier alpha value is -2.89. The lowest BCUT2D eigenvalue weighted by atomic mass is 10.2. The Morgan fingerprint density at radius 1 is 1.22 bits per heavy atom. The molecule has 120 valence electrons. The van der Waals surface area contributed by atoms with Gasteiger partial charge < -0.3 is 14.8 Å². The van der Waals surface area contributed by atoms with E-state index in [0.717, 1.165) is 11.9 Å². The number of amides is 1. The number of benzene rings is 1. The van der Waals surface area contributed by atoms with Crippen molar-refractivity contribution in [3.05, 3.63) is 65.6 Å². The van der Waals surface area contributed by atoms with Crippen LogP contribution < -0.4 is 9.63 Å². The highest BCUT2D eigenvalue weighted by molar-refractivity contribution is 5.98. The lowest BCUT2D eigenvalue weighted by Gasteiger charge is -2.24. The number of likely N-dealkylation sites (N-methyl/N-ethyl adjacent to an activating group) is 1. The van der Waals surface area contributed by atoms with Crippen molar-refractivity contribution >= 4 is 17.6 Å². The number of nitrogens with zero attached hydrogens (tertiary/aromatic N) is 2. The molecule has 1 aromatic heterocycles. The van der Waals surface area contributed by atoms with Gasteiger partial charge in [-0.05, 0) is 32.0 Å². The van der Waals surface area contributed by atoms with Crippen molar-refractivity contribution in [3.8, 4) is 0 Å². The number of carbonyl (C=O) groups is 2. The Bertz CT molecular complexity index is 688. The summed E-state index contributed by atoms with van der Waals surface area (Å²) in [5.41, 5.74) is 0.838. The quantitative estimate of drug-likeness (QED) is 0.480. The van der Waals surface area contributed by atoms with Gasteiger partial charge in [-0.2, -0.15) is 4.73 Å². The summed E-state index contributed by atoms with van der Waals surface area (Å²) in [7, 11) is 0. The molecule has 2 aromatic rings. The Morgan fingerprint density at radius 2 is 1.91 bits per heavy atom. The smallest absolute Gasteiger partial charge is 0.345 e. The Labute approximate surface area is 134 Å². The monoisotopic (exact) mass is 314 g/mol. The highest BCUT2D eigenvalue weighted by atomic mass is 16.5. The van der Waals surface area contributed by atoms with E-state index in [4.69, 9.17) is 4.74 Å². The molecule has 0 radical (unpaired) electrons. The third-order valence-electron chi connectivity index (χ3n) is 3.29. The highest BCUT2D eigenvalue weighted by Crippen LogP contribution is 2.15. The molecular weight excluding hydrogens is 296 g/mol. The number of esters is 1. The van der Waals surface area contributed by atoms with Crippen LogP contribution in [0, 0.1) is 5.21 Å². The molecule has 23 heavy (non-hydrogen) atoms. The minimum atomic E-state index is -0.956. The van der Waals surface area contributed by atoms with Crippen LogP contribution in [0.3, 0.4) is 0 Å². The van der Waals surface area contributed by atoms with Gasteiger partial charge in [0, 0.05) is 18.3 Å². The van der Waals surface area contributed by atoms with Crippen LogP contribution >= 0.6 is 0 Å².